The monoisotopic (exact) mass is 231 g/mol. The average molecular weight is 231 g/mol. The lowest BCUT2D eigenvalue weighted by Gasteiger charge is -2.19. The SMILES string of the molecule is CN/C(N)=C\C(=C\SC)NCC(C)(C)O. The number of aliphatic hydroxyl groups is 1. The molecule has 0 aromatic rings. The van der Waals surface area contributed by atoms with Crippen LogP contribution in [0.4, 0.5) is 0 Å². The van der Waals surface area contributed by atoms with E-state index >= 15 is 0 Å². The van der Waals surface area contributed by atoms with Crippen molar-refractivity contribution in [3.05, 3.63) is 23.0 Å². The minimum Gasteiger partial charge on any atom is -0.389 e. The van der Waals surface area contributed by atoms with Gasteiger partial charge in [0.1, 0.15) is 0 Å². The Morgan fingerprint density at radius 2 is 2.13 bits per heavy atom. The first-order valence-electron chi connectivity index (χ1n) is 4.73. The van der Waals surface area contributed by atoms with Crippen molar-refractivity contribution in [2.24, 2.45) is 5.73 Å². The van der Waals surface area contributed by atoms with E-state index in [1.54, 1.807) is 38.7 Å². The van der Waals surface area contributed by atoms with Crippen molar-refractivity contribution in [3.8, 4) is 0 Å². The number of thioether (sulfide) groups is 1. The third kappa shape index (κ3) is 8.20. The number of allylic oxidation sites excluding steroid dienone is 1. The smallest absolute Gasteiger partial charge is 0.0978 e. The summed E-state index contributed by atoms with van der Waals surface area (Å²) in [5.41, 5.74) is 5.79. The number of nitrogens with one attached hydrogen (secondary N) is 2. The molecule has 0 aromatic heterocycles. The highest BCUT2D eigenvalue weighted by atomic mass is 32.2. The number of rotatable bonds is 6. The van der Waals surface area contributed by atoms with E-state index in [-0.39, 0.29) is 0 Å². The Morgan fingerprint density at radius 3 is 2.53 bits per heavy atom. The van der Waals surface area contributed by atoms with Crippen LogP contribution in [0, 0.1) is 0 Å². The molecule has 0 amide bonds. The Morgan fingerprint density at radius 1 is 1.53 bits per heavy atom. The van der Waals surface area contributed by atoms with Crippen LogP contribution >= 0.6 is 11.8 Å². The summed E-state index contributed by atoms with van der Waals surface area (Å²) in [4.78, 5) is 0. The summed E-state index contributed by atoms with van der Waals surface area (Å²) in [6.45, 7) is 3.98. The predicted octanol–water partition coefficient (Wildman–Crippen LogP) is 0.571. The van der Waals surface area contributed by atoms with E-state index in [1.165, 1.54) is 0 Å². The summed E-state index contributed by atoms with van der Waals surface area (Å²) in [7, 11) is 1.76. The van der Waals surface area contributed by atoms with Gasteiger partial charge in [0.05, 0.1) is 11.4 Å². The van der Waals surface area contributed by atoms with E-state index in [2.05, 4.69) is 10.6 Å². The lowest BCUT2D eigenvalue weighted by Crippen LogP contribution is -2.34. The zero-order chi connectivity index (χ0) is 11.9. The van der Waals surface area contributed by atoms with E-state index < -0.39 is 5.60 Å². The lowest BCUT2D eigenvalue weighted by molar-refractivity contribution is 0.0829. The predicted molar refractivity (Wildman–Crippen MR) is 67.2 cm³/mol. The number of hydrogen-bond donors (Lipinski definition) is 4. The molecule has 0 atom stereocenters. The van der Waals surface area contributed by atoms with Crippen LogP contribution in [0.5, 0.6) is 0 Å². The normalized spacial score (nSPS) is 13.9. The maximum Gasteiger partial charge on any atom is 0.0978 e. The molecular weight excluding hydrogens is 210 g/mol. The van der Waals surface area contributed by atoms with E-state index in [1.807, 2.05) is 11.7 Å². The van der Waals surface area contributed by atoms with Gasteiger partial charge in [-0.15, -0.1) is 11.8 Å². The summed E-state index contributed by atoms with van der Waals surface area (Å²) < 4.78 is 0. The van der Waals surface area contributed by atoms with Crippen molar-refractivity contribution >= 4 is 11.8 Å². The quantitative estimate of drug-likeness (QED) is 0.503. The maximum absolute atomic E-state index is 9.56. The van der Waals surface area contributed by atoms with Gasteiger partial charge in [0.15, 0.2) is 0 Å². The standard InChI is InChI=1S/C10H21N3OS/c1-10(2,14)7-13-8(6-15-4)5-9(11)12-3/h5-6,12-14H,7,11H2,1-4H3/b8-6-,9-5-. The molecule has 0 radical (unpaired) electrons. The fraction of sp³-hybridized carbons (Fsp3) is 0.600. The van der Waals surface area contributed by atoms with Crippen molar-refractivity contribution < 1.29 is 5.11 Å². The van der Waals surface area contributed by atoms with Crippen molar-refractivity contribution in [1.82, 2.24) is 10.6 Å². The van der Waals surface area contributed by atoms with Crippen LogP contribution in [-0.2, 0) is 0 Å². The second kappa shape index (κ2) is 6.63. The molecule has 0 fully saturated rings. The van der Waals surface area contributed by atoms with E-state index in [4.69, 9.17) is 5.73 Å². The van der Waals surface area contributed by atoms with E-state index in [0.717, 1.165) is 5.70 Å². The van der Waals surface area contributed by atoms with E-state index in [0.29, 0.717) is 12.4 Å². The Kier molecular flexibility index (Phi) is 6.27. The molecule has 0 spiro atoms. The van der Waals surface area contributed by atoms with Crippen LogP contribution in [0.2, 0.25) is 0 Å². The van der Waals surface area contributed by atoms with Gasteiger partial charge in [-0.05, 0) is 25.5 Å². The number of hydrogen-bond acceptors (Lipinski definition) is 5. The first kappa shape index (κ1) is 14.2. The topological polar surface area (TPSA) is 70.3 Å². The van der Waals surface area contributed by atoms with Gasteiger partial charge in [0.25, 0.3) is 0 Å². The summed E-state index contributed by atoms with van der Waals surface area (Å²) in [6, 6.07) is 0. The molecule has 15 heavy (non-hydrogen) atoms. The molecule has 5 heteroatoms. The largest absolute Gasteiger partial charge is 0.389 e. The summed E-state index contributed by atoms with van der Waals surface area (Å²) in [6.07, 6.45) is 3.76. The van der Waals surface area contributed by atoms with Crippen LogP contribution < -0.4 is 16.4 Å². The Bertz CT molecular complexity index is 244. The van der Waals surface area contributed by atoms with Crippen molar-refractivity contribution in [2.75, 3.05) is 19.8 Å². The van der Waals surface area contributed by atoms with Crippen LogP contribution in [0.3, 0.4) is 0 Å². The fourth-order valence-electron chi connectivity index (χ4n) is 0.812. The molecule has 0 aliphatic rings. The van der Waals surface area contributed by atoms with Crippen LogP contribution in [0.15, 0.2) is 23.0 Å². The van der Waals surface area contributed by atoms with Gasteiger partial charge < -0.3 is 21.5 Å². The van der Waals surface area contributed by atoms with Gasteiger partial charge in [0.2, 0.25) is 0 Å². The highest BCUT2D eigenvalue weighted by Crippen LogP contribution is 2.05. The number of nitrogens with two attached hydrogens (primary N) is 1. The third-order valence-corrected chi connectivity index (χ3v) is 2.06. The van der Waals surface area contributed by atoms with E-state index in [9.17, 15) is 5.11 Å². The molecule has 4 nitrogen and oxygen atoms in total. The fourth-order valence-corrected chi connectivity index (χ4v) is 1.22. The summed E-state index contributed by atoms with van der Waals surface area (Å²) in [5, 5.41) is 17.5. The maximum atomic E-state index is 9.56. The molecule has 0 saturated heterocycles. The Labute approximate surface area is 96.0 Å². The second-order valence-corrected chi connectivity index (χ2v) is 4.53. The second-order valence-electron chi connectivity index (χ2n) is 3.82. The average Bonchev–Trinajstić information content (AvgIpc) is 2.13. The van der Waals surface area contributed by atoms with Crippen molar-refractivity contribution in [1.29, 1.82) is 0 Å². The van der Waals surface area contributed by atoms with Gasteiger partial charge in [-0.2, -0.15) is 0 Å². The molecule has 0 aliphatic carbocycles. The Balaban J connectivity index is 4.37. The van der Waals surface area contributed by atoms with Gasteiger partial charge in [-0.3, -0.25) is 0 Å². The molecular formula is C10H21N3OS. The van der Waals surface area contributed by atoms with Crippen LogP contribution in [0.1, 0.15) is 13.8 Å². The van der Waals surface area contributed by atoms with Crippen molar-refractivity contribution in [3.63, 3.8) is 0 Å². The third-order valence-electron chi connectivity index (χ3n) is 1.57. The lowest BCUT2D eigenvalue weighted by atomic mass is 10.1. The zero-order valence-electron chi connectivity index (χ0n) is 9.79. The molecule has 0 heterocycles. The van der Waals surface area contributed by atoms with Crippen LogP contribution in [-0.4, -0.2) is 30.6 Å². The first-order valence-corrected chi connectivity index (χ1v) is 6.02. The summed E-state index contributed by atoms with van der Waals surface area (Å²) >= 11 is 1.58. The minimum absolute atomic E-state index is 0.479. The van der Waals surface area contributed by atoms with Gasteiger partial charge in [0, 0.05) is 25.4 Å². The van der Waals surface area contributed by atoms with Gasteiger partial charge in [-0.1, -0.05) is 0 Å². The zero-order valence-corrected chi connectivity index (χ0v) is 10.6. The van der Waals surface area contributed by atoms with Crippen LogP contribution in [0.25, 0.3) is 0 Å². The molecule has 0 rings (SSSR count). The van der Waals surface area contributed by atoms with Gasteiger partial charge in [-0.25, -0.2) is 0 Å². The Hall–Kier alpha value is -0.810. The highest BCUT2D eigenvalue weighted by Gasteiger charge is 2.11. The summed E-state index contributed by atoms with van der Waals surface area (Å²) in [5.74, 6) is 0.582. The molecule has 0 bridgehead atoms. The molecule has 0 aromatic carbocycles. The molecule has 0 aliphatic heterocycles. The highest BCUT2D eigenvalue weighted by molar-refractivity contribution is 8.01. The molecule has 0 unspecified atom stereocenters. The molecule has 88 valence electrons. The van der Waals surface area contributed by atoms with Gasteiger partial charge >= 0.3 is 0 Å². The molecule has 5 N–H and O–H groups in total. The molecule has 0 saturated carbocycles. The minimum atomic E-state index is -0.736. The first-order chi connectivity index (χ1) is 6.89. The van der Waals surface area contributed by atoms with Crippen molar-refractivity contribution in [2.45, 2.75) is 19.4 Å².